The molecule has 0 aliphatic carbocycles. The van der Waals surface area contributed by atoms with Crippen LogP contribution in [0.25, 0.3) is 22.0 Å². The first-order valence-electron chi connectivity index (χ1n) is 8.16. The van der Waals surface area contributed by atoms with Gasteiger partial charge in [0.1, 0.15) is 0 Å². The van der Waals surface area contributed by atoms with Crippen LogP contribution < -0.4 is 5.32 Å². The summed E-state index contributed by atoms with van der Waals surface area (Å²) in [4.78, 5) is 3.61. The van der Waals surface area contributed by atoms with Gasteiger partial charge >= 0.3 is 0 Å². The van der Waals surface area contributed by atoms with Gasteiger partial charge in [0.15, 0.2) is 0 Å². The number of benzene rings is 2. The highest BCUT2D eigenvalue weighted by molar-refractivity contribution is 5.98. The van der Waals surface area contributed by atoms with Gasteiger partial charge in [0.2, 0.25) is 0 Å². The summed E-state index contributed by atoms with van der Waals surface area (Å²) in [6, 6.07) is 17.1. The van der Waals surface area contributed by atoms with Gasteiger partial charge < -0.3 is 10.3 Å². The topological polar surface area (TPSA) is 51.6 Å². The van der Waals surface area contributed by atoms with Crippen molar-refractivity contribution in [2.24, 2.45) is 0 Å². The highest BCUT2D eigenvalue weighted by Gasteiger charge is 2.17. The van der Waals surface area contributed by atoms with Gasteiger partial charge in [-0.15, -0.1) is 12.4 Å². The van der Waals surface area contributed by atoms with Crippen molar-refractivity contribution in [3.05, 3.63) is 59.3 Å². The zero-order valence-corrected chi connectivity index (χ0v) is 14.2. The van der Waals surface area contributed by atoms with Crippen LogP contribution in [0.3, 0.4) is 0 Å². The Bertz CT molecular complexity index is 905. The fourth-order valence-electron chi connectivity index (χ4n) is 3.59. The number of nitrogens with one attached hydrogen (secondary N) is 2. The average Bonchev–Trinajstić information content (AvgIpc) is 2.77. The van der Waals surface area contributed by atoms with Crippen LogP contribution in [0.4, 0.5) is 0 Å². The largest absolute Gasteiger partial charge is 0.358 e. The Kier molecular flexibility index (Phi) is 4.89. The molecule has 0 bridgehead atoms. The van der Waals surface area contributed by atoms with Crippen LogP contribution in [0.15, 0.2) is 42.5 Å². The van der Waals surface area contributed by atoms with Crippen LogP contribution in [0.1, 0.15) is 16.8 Å². The molecule has 2 heterocycles. The monoisotopic (exact) mass is 337 g/mol. The second-order valence-electron chi connectivity index (χ2n) is 6.10. The van der Waals surface area contributed by atoms with Crippen molar-refractivity contribution in [2.45, 2.75) is 19.3 Å². The molecule has 0 amide bonds. The van der Waals surface area contributed by atoms with E-state index < -0.39 is 0 Å². The van der Waals surface area contributed by atoms with Crippen molar-refractivity contribution in [3.8, 4) is 17.2 Å². The summed E-state index contributed by atoms with van der Waals surface area (Å²) in [5.41, 5.74) is 7.58. The second kappa shape index (κ2) is 7.09. The first-order chi connectivity index (χ1) is 11.4. The van der Waals surface area contributed by atoms with E-state index in [-0.39, 0.29) is 12.4 Å². The van der Waals surface area contributed by atoms with Crippen molar-refractivity contribution >= 4 is 23.3 Å². The van der Waals surface area contributed by atoms with Crippen LogP contribution in [-0.4, -0.2) is 18.1 Å². The van der Waals surface area contributed by atoms with Crippen LogP contribution in [0, 0.1) is 11.3 Å². The number of halogens is 1. The van der Waals surface area contributed by atoms with Gasteiger partial charge in [-0.05, 0) is 41.3 Å². The molecule has 3 nitrogen and oxygen atoms in total. The van der Waals surface area contributed by atoms with Gasteiger partial charge in [0.25, 0.3) is 0 Å². The normalized spacial score (nSPS) is 13.6. The van der Waals surface area contributed by atoms with Crippen LogP contribution >= 0.6 is 12.4 Å². The van der Waals surface area contributed by atoms with E-state index >= 15 is 0 Å². The van der Waals surface area contributed by atoms with Crippen LogP contribution in [0.5, 0.6) is 0 Å². The zero-order valence-electron chi connectivity index (χ0n) is 13.4. The van der Waals surface area contributed by atoms with Crippen molar-refractivity contribution < 1.29 is 0 Å². The Morgan fingerprint density at radius 2 is 1.88 bits per heavy atom. The summed E-state index contributed by atoms with van der Waals surface area (Å²) in [5, 5.41) is 13.8. The quantitative estimate of drug-likeness (QED) is 0.742. The van der Waals surface area contributed by atoms with Gasteiger partial charge in [0, 0.05) is 29.6 Å². The maximum atomic E-state index is 8.95. The molecular weight excluding hydrogens is 318 g/mol. The Morgan fingerprint density at radius 1 is 1.04 bits per heavy atom. The number of aromatic amines is 1. The summed E-state index contributed by atoms with van der Waals surface area (Å²) in [6.07, 6.45) is 2.57. The minimum atomic E-state index is 0. The molecule has 4 rings (SSSR count). The molecule has 2 aromatic carbocycles. The van der Waals surface area contributed by atoms with Crippen molar-refractivity contribution in [1.82, 2.24) is 10.3 Å². The predicted molar refractivity (Wildman–Crippen MR) is 101 cm³/mol. The smallest absolute Gasteiger partial charge is 0.0669 e. The van der Waals surface area contributed by atoms with Crippen LogP contribution in [-0.2, 0) is 19.3 Å². The van der Waals surface area contributed by atoms with Crippen LogP contribution in [0.2, 0.25) is 0 Å². The molecule has 0 saturated carbocycles. The number of fused-ring (bicyclic) bond motifs is 3. The van der Waals surface area contributed by atoms with E-state index in [1.807, 2.05) is 12.1 Å². The summed E-state index contributed by atoms with van der Waals surface area (Å²) in [5.74, 6) is 0. The first kappa shape index (κ1) is 16.6. The molecule has 1 aromatic heterocycles. The molecule has 122 valence electrons. The fourth-order valence-corrected chi connectivity index (χ4v) is 3.59. The molecule has 1 aliphatic rings. The maximum absolute atomic E-state index is 8.95. The van der Waals surface area contributed by atoms with Gasteiger partial charge in [0.05, 0.1) is 12.5 Å². The average molecular weight is 338 g/mol. The number of hydrogen-bond donors (Lipinski definition) is 2. The molecular formula is C20H20ClN3. The molecule has 3 aromatic rings. The van der Waals surface area contributed by atoms with Gasteiger partial charge in [-0.25, -0.2) is 0 Å². The highest BCUT2D eigenvalue weighted by atomic mass is 35.5. The number of aromatic nitrogens is 1. The van der Waals surface area contributed by atoms with Crippen molar-refractivity contribution in [2.75, 3.05) is 13.1 Å². The lowest BCUT2D eigenvalue weighted by atomic mass is 9.95. The summed E-state index contributed by atoms with van der Waals surface area (Å²) in [6.45, 7) is 2.07. The van der Waals surface area contributed by atoms with Gasteiger partial charge in [-0.3, -0.25) is 0 Å². The summed E-state index contributed by atoms with van der Waals surface area (Å²) in [7, 11) is 0. The minimum absolute atomic E-state index is 0. The van der Waals surface area contributed by atoms with E-state index in [0.717, 1.165) is 31.5 Å². The zero-order chi connectivity index (χ0) is 15.6. The van der Waals surface area contributed by atoms with Crippen molar-refractivity contribution in [3.63, 3.8) is 0 Å². The molecule has 0 atom stereocenters. The lowest BCUT2D eigenvalue weighted by Crippen LogP contribution is -2.16. The standard InChI is InChI=1S/C20H19N3.ClH/c21-10-7-14-3-1-4-15(13-14)16-5-2-6-19-20(16)17-8-11-22-12-9-18(17)23-19;/h1-6,13,22-23H,7-9,11-12H2;1H. The Hall–Kier alpha value is -2.28. The van der Waals surface area contributed by atoms with E-state index in [1.54, 1.807) is 0 Å². The molecule has 0 spiro atoms. The molecule has 1 aliphatic heterocycles. The summed E-state index contributed by atoms with van der Waals surface area (Å²) < 4.78 is 0. The third-order valence-electron chi connectivity index (χ3n) is 4.64. The Morgan fingerprint density at radius 3 is 2.75 bits per heavy atom. The maximum Gasteiger partial charge on any atom is 0.0669 e. The fraction of sp³-hybridized carbons (Fsp3) is 0.250. The lowest BCUT2D eigenvalue weighted by Gasteiger charge is -2.08. The molecule has 24 heavy (non-hydrogen) atoms. The van der Waals surface area contributed by atoms with E-state index in [0.29, 0.717) is 6.42 Å². The number of nitrogens with zero attached hydrogens (tertiary/aromatic N) is 1. The van der Waals surface area contributed by atoms with Gasteiger partial charge in [-0.2, -0.15) is 5.26 Å². The second-order valence-corrected chi connectivity index (χ2v) is 6.10. The third kappa shape index (κ3) is 2.91. The Labute approximate surface area is 148 Å². The predicted octanol–water partition coefficient (Wildman–Crippen LogP) is 4.01. The minimum Gasteiger partial charge on any atom is -0.358 e. The van der Waals surface area contributed by atoms with Crippen molar-refractivity contribution in [1.29, 1.82) is 5.26 Å². The third-order valence-corrected chi connectivity index (χ3v) is 4.64. The van der Waals surface area contributed by atoms with E-state index in [4.69, 9.17) is 5.26 Å². The molecule has 0 fully saturated rings. The van der Waals surface area contributed by atoms with E-state index in [9.17, 15) is 0 Å². The van der Waals surface area contributed by atoms with Gasteiger partial charge in [-0.1, -0.05) is 36.4 Å². The number of nitriles is 1. The summed E-state index contributed by atoms with van der Waals surface area (Å²) >= 11 is 0. The molecule has 0 radical (unpaired) electrons. The van der Waals surface area contributed by atoms with E-state index in [1.165, 1.54) is 33.3 Å². The molecule has 0 unspecified atom stereocenters. The number of rotatable bonds is 2. The SMILES string of the molecule is Cl.N#CCc1cccc(-c2cccc3[nH]c4c(c23)CCNCC4)c1. The number of H-pyrrole nitrogens is 1. The first-order valence-corrected chi connectivity index (χ1v) is 8.16. The molecule has 4 heteroatoms. The van der Waals surface area contributed by atoms with E-state index in [2.05, 4.69) is 46.7 Å². The Balaban J connectivity index is 0.00000169. The number of hydrogen-bond acceptors (Lipinski definition) is 2. The lowest BCUT2D eigenvalue weighted by molar-refractivity contribution is 0.708. The highest BCUT2D eigenvalue weighted by Crippen LogP contribution is 2.34. The molecule has 0 saturated heterocycles. The molecule has 2 N–H and O–H groups in total.